The van der Waals surface area contributed by atoms with Gasteiger partial charge in [-0.15, -0.1) is 0 Å². The van der Waals surface area contributed by atoms with Crippen LogP contribution in [0.3, 0.4) is 0 Å². The Morgan fingerprint density at radius 1 is 0.929 bits per heavy atom. The van der Waals surface area contributed by atoms with Crippen molar-refractivity contribution in [3.63, 3.8) is 0 Å². The van der Waals surface area contributed by atoms with Crippen molar-refractivity contribution in [2.24, 2.45) is 40.4 Å². The minimum absolute atomic E-state index is 0.143. The molecule has 0 aromatic heterocycles. The van der Waals surface area contributed by atoms with Crippen LogP contribution >= 0.6 is 0 Å². The van der Waals surface area contributed by atoms with Crippen LogP contribution in [0.2, 0.25) is 0 Å². The fourth-order valence-corrected chi connectivity index (χ4v) is 8.36. The smallest absolute Gasteiger partial charge is 0.302 e. The molecule has 28 heavy (non-hydrogen) atoms. The van der Waals surface area contributed by atoms with E-state index in [0.717, 1.165) is 38.0 Å². The number of rotatable bonds is 3. The average Bonchev–Trinajstić information content (AvgIpc) is 2.98. The maximum absolute atomic E-state index is 12.3. The Morgan fingerprint density at radius 2 is 1.64 bits per heavy atom. The maximum atomic E-state index is 12.3. The van der Waals surface area contributed by atoms with Crippen LogP contribution in [0.4, 0.5) is 0 Å². The standard InChI is InChI=1S/C24H38O4/c1-15(25)19-7-8-20-18-6-5-17-13-24(27,14-28-16(2)26)12-11-22(17,3)21(18)9-10-23(19,20)4/h17-21,27H,5-14H2,1-4H3/t17-,18-,19+,20-,21-,22-,23+,24+/m0/s1. The summed E-state index contributed by atoms with van der Waals surface area (Å²) in [4.78, 5) is 23.5. The van der Waals surface area contributed by atoms with Gasteiger partial charge in [0.1, 0.15) is 12.4 Å². The third kappa shape index (κ3) is 3.05. The number of fused-ring (bicyclic) bond motifs is 5. The van der Waals surface area contributed by atoms with Crippen molar-refractivity contribution in [1.82, 2.24) is 0 Å². The molecule has 0 aliphatic heterocycles. The van der Waals surface area contributed by atoms with Crippen molar-refractivity contribution in [3.05, 3.63) is 0 Å². The number of esters is 1. The van der Waals surface area contributed by atoms with Gasteiger partial charge in [-0.05, 0) is 99.2 Å². The van der Waals surface area contributed by atoms with Crippen molar-refractivity contribution < 1.29 is 19.4 Å². The molecule has 0 heterocycles. The highest BCUT2D eigenvalue weighted by molar-refractivity contribution is 5.79. The number of ketones is 1. The number of ether oxygens (including phenoxy) is 1. The summed E-state index contributed by atoms with van der Waals surface area (Å²) < 4.78 is 5.19. The van der Waals surface area contributed by atoms with E-state index in [1.54, 1.807) is 6.92 Å². The number of carbonyl (C=O) groups excluding carboxylic acids is 2. The topological polar surface area (TPSA) is 63.6 Å². The minimum Gasteiger partial charge on any atom is -0.463 e. The normalized spacial score (nSPS) is 50.2. The number of hydrogen-bond donors (Lipinski definition) is 1. The molecule has 0 amide bonds. The SMILES string of the molecule is CC(=O)OC[C@@]1(O)CC[C@@]2(C)[C@@H](CC[C@@H]3[C@@H]2CC[C@]2(C)[C@@H](C(C)=O)CC[C@@H]32)C1. The predicted molar refractivity (Wildman–Crippen MR) is 107 cm³/mol. The highest BCUT2D eigenvalue weighted by Crippen LogP contribution is 2.68. The van der Waals surface area contributed by atoms with Crippen molar-refractivity contribution in [2.45, 2.75) is 91.1 Å². The quantitative estimate of drug-likeness (QED) is 0.719. The molecule has 4 rings (SSSR count). The third-order valence-electron chi connectivity index (χ3n) is 9.86. The van der Waals surface area contributed by atoms with Gasteiger partial charge in [0.2, 0.25) is 0 Å². The molecule has 0 aromatic rings. The highest BCUT2D eigenvalue weighted by atomic mass is 16.5. The molecule has 4 nitrogen and oxygen atoms in total. The first-order valence-corrected chi connectivity index (χ1v) is 11.5. The molecule has 4 fully saturated rings. The van der Waals surface area contributed by atoms with Gasteiger partial charge in [0.15, 0.2) is 0 Å². The Hall–Kier alpha value is -0.900. The molecular weight excluding hydrogens is 352 g/mol. The zero-order valence-electron chi connectivity index (χ0n) is 18.1. The summed E-state index contributed by atoms with van der Waals surface area (Å²) >= 11 is 0. The Labute approximate surface area is 169 Å². The van der Waals surface area contributed by atoms with Gasteiger partial charge < -0.3 is 9.84 Å². The van der Waals surface area contributed by atoms with E-state index in [4.69, 9.17) is 4.74 Å². The van der Waals surface area contributed by atoms with Crippen molar-refractivity contribution in [3.8, 4) is 0 Å². The maximum Gasteiger partial charge on any atom is 0.302 e. The zero-order chi connectivity index (χ0) is 20.3. The second kappa shape index (κ2) is 6.82. The van der Waals surface area contributed by atoms with Crippen molar-refractivity contribution in [2.75, 3.05) is 6.61 Å². The van der Waals surface area contributed by atoms with Gasteiger partial charge in [0, 0.05) is 12.8 Å². The van der Waals surface area contributed by atoms with E-state index in [-0.39, 0.29) is 29.3 Å². The molecule has 1 N–H and O–H groups in total. The van der Waals surface area contributed by atoms with Crippen LogP contribution in [0.25, 0.3) is 0 Å². The van der Waals surface area contributed by atoms with Gasteiger partial charge in [-0.25, -0.2) is 0 Å². The van der Waals surface area contributed by atoms with E-state index >= 15 is 0 Å². The number of hydrogen-bond acceptors (Lipinski definition) is 4. The molecule has 0 aromatic carbocycles. The van der Waals surface area contributed by atoms with Crippen molar-refractivity contribution >= 4 is 11.8 Å². The Morgan fingerprint density at radius 3 is 2.32 bits per heavy atom. The van der Waals surface area contributed by atoms with Gasteiger partial charge >= 0.3 is 5.97 Å². The van der Waals surface area contributed by atoms with Gasteiger partial charge in [0.25, 0.3) is 0 Å². The van der Waals surface area contributed by atoms with Gasteiger partial charge in [-0.1, -0.05) is 13.8 Å². The van der Waals surface area contributed by atoms with E-state index in [0.29, 0.717) is 23.5 Å². The Kier molecular flexibility index (Phi) is 4.96. The molecule has 8 atom stereocenters. The van der Waals surface area contributed by atoms with E-state index < -0.39 is 5.60 Å². The summed E-state index contributed by atoms with van der Waals surface area (Å²) in [6.07, 6.45) is 9.64. The van der Waals surface area contributed by atoms with Gasteiger partial charge in [-0.3, -0.25) is 9.59 Å². The lowest BCUT2D eigenvalue weighted by Gasteiger charge is -2.62. The summed E-state index contributed by atoms with van der Waals surface area (Å²) in [5, 5.41) is 11.0. The van der Waals surface area contributed by atoms with Crippen LogP contribution in [0.1, 0.15) is 85.5 Å². The molecule has 4 aliphatic rings. The number of carbonyl (C=O) groups is 2. The van der Waals surface area contributed by atoms with Gasteiger partial charge in [0.05, 0.1) is 5.60 Å². The Balaban J connectivity index is 1.52. The average molecular weight is 391 g/mol. The summed E-state index contributed by atoms with van der Waals surface area (Å²) in [6.45, 7) is 8.23. The van der Waals surface area contributed by atoms with E-state index in [9.17, 15) is 14.7 Å². The molecule has 0 radical (unpaired) electrons. The number of aliphatic hydroxyl groups is 1. The zero-order valence-corrected chi connectivity index (χ0v) is 18.1. The molecular formula is C24H38O4. The molecule has 0 spiro atoms. The first kappa shape index (κ1) is 20.4. The van der Waals surface area contributed by atoms with E-state index in [2.05, 4.69) is 13.8 Å². The lowest BCUT2D eigenvalue weighted by Crippen LogP contribution is -2.57. The molecule has 4 heteroatoms. The van der Waals surface area contributed by atoms with Crippen LogP contribution in [-0.2, 0) is 14.3 Å². The predicted octanol–water partition coefficient (Wildman–Crippen LogP) is 4.53. The first-order valence-electron chi connectivity index (χ1n) is 11.5. The highest BCUT2D eigenvalue weighted by Gasteiger charge is 2.61. The second-order valence-corrected chi connectivity index (χ2v) is 11.2. The second-order valence-electron chi connectivity index (χ2n) is 11.2. The summed E-state index contributed by atoms with van der Waals surface area (Å²) in [5.74, 6) is 3.02. The van der Waals surface area contributed by atoms with Crippen molar-refractivity contribution in [1.29, 1.82) is 0 Å². The van der Waals surface area contributed by atoms with Crippen LogP contribution in [0, 0.1) is 40.4 Å². The molecule has 0 saturated heterocycles. The largest absolute Gasteiger partial charge is 0.463 e. The molecule has 4 aliphatic carbocycles. The third-order valence-corrected chi connectivity index (χ3v) is 9.86. The van der Waals surface area contributed by atoms with Crippen LogP contribution in [-0.4, -0.2) is 29.1 Å². The molecule has 0 unspecified atom stereocenters. The Bertz CT molecular complexity index is 659. The fourth-order valence-electron chi connectivity index (χ4n) is 8.36. The van der Waals surface area contributed by atoms with E-state index in [1.165, 1.54) is 32.6 Å². The fraction of sp³-hybridized carbons (Fsp3) is 0.917. The van der Waals surface area contributed by atoms with Gasteiger partial charge in [-0.2, -0.15) is 0 Å². The minimum atomic E-state index is -0.848. The first-order chi connectivity index (χ1) is 13.1. The summed E-state index contributed by atoms with van der Waals surface area (Å²) in [6, 6.07) is 0. The summed E-state index contributed by atoms with van der Waals surface area (Å²) in [7, 11) is 0. The lowest BCUT2D eigenvalue weighted by atomic mass is 9.44. The molecule has 0 bridgehead atoms. The molecule has 158 valence electrons. The van der Waals surface area contributed by atoms with E-state index in [1.807, 2.05) is 0 Å². The number of Topliss-reactive ketones (excluding diaryl/α,β-unsaturated/α-hetero) is 1. The van der Waals surface area contributed by atoms with Crippen LogP contribution in [0.5, 0.6) is 0 Å². The molecule has 4 saturated carbocycles. The lowest BCUT2D eigenvalue weighted by molar-refractivity contribution is -0.173. The van der Waals surface area contributed by atoms with Crippen LogP contribution < -0.4 is 0 Å². The summed E-state index contributed by atoms with van der Waals surface area (Å²) in [5.41, 5.74) is -0.360. The monoisotopic (exact) mass is 390 g/mol. The van der Waals surface area contributed by atoms with Crippen LogP contribution in [0.15, 0.2) is 0 Å².